The van der Waals surface area contributed by atoms with E-state index in [9.17, 15) is 4.79 Å². The van der Waals surface area contributed by atoms with E-state index in [4.69, 9.17) is 0 Å². The predicted octanol–water partition coefficient (Wildman–Crippen LogP) is 3.26. The third kappa shape index (κ3) is 2.54. The van der Waals surface area contributed by atoms with Crippen molar-refractivity contribution >= 4 is 16.8 Å². The summed E-state index contributed by atoms with van der Waals surface area (Å²) in [5.74, 6) is 1.31. The lowest BCUT2D eigenvalue weighted by atomic mass is 9.62. The number of carbonyl (C=O) groups excluding carboxylic acids is 1. The molecule has 1 aliphatic heterocycles. The summed E-state index contributed by atoms with van der Waals surface area (Å²) < 4.78 is 2.12. The smallest absolute Gasteiger partial charge is 0.272 e. The first-order valence-corrected chi connectivity index (χ1v) is 9.73. The molecule has 2 aliphatic rings. The highest BCUT2D eigenvalue weighted by molar-refractivity contribution is 5.95. The molecule has 0 radical (unpaired) electrons. The third-order valence-corrected chi connectivity index (χ3v) is 6.40. The second-order valence-corrected chi connectivity index (χ2v) is 7.82. The summed E-state index contributed by atoms with van der Waals surface area (Å²) in [6.07, 6.45) is 5.34. The van der Waals surface area contributed by atoms with Gasteiger partial charge in [0.2, 0.25) is 0 Å². The van der Waals surface area contributed by atoms with Crippen molar-refractivity contribution in [1.82, 2.24) is 24.6 Å². The molecule has 1 saturated heterocycles. The molecule has 0 N–H and O–H groups in total. The number of pyridine rings is 1. The number of aryl methyl sites for hydroxylation is 1. The van der Waals surface area contributed by atoms with Gasteiger partial charge in [-0.15, -0.1) is 10.2 Å². The van der Waals surface area contributed by atoms with Gasteiger partial charge in [0.25, 0.3) is 5.91 Å². The Morgan fingerprint density at radius 3 is 2.85 bits per heavy atom. The Bertz CT molecular complexity index is 1010. The van der Waals surface area contributed by atoms with Crippen LogP contribution in [0.25, 0.3) is 10.9 Å². The first-order valence-electron chi connectivity index (χ1n) is 9.73. The second-order valence-electron chi connectivity index (χ2n) is 7.82. The van der Waals surface area contributed by atoms with Crippen LogP contribution in [-0.2, 0) is 6.54 Å². The van der Waals surface area contributed by atoms with Crippen LogP contribution < -0.4 is 0 Å². The van der Waals surface area contributed by atoms with Crippen LogP contribution in [0.2, 0.25) is 0 Å². The van der Waals surface area contributed by atoms with Gasteiger partial charge in [0, 0.05) is 30.9 Å². The molecule has 1 atom stereocenters. The van der Waals surface area contributed by atoms with Gasteiger partial charge in [0.05, 0.1) is 5.52 Å². The van der Waals surface area contributed by atoms with Gasteiger partial charge < -0.3 is 9.47 Å². The van der Waals surface area contributed by atoms with Crippen molar-refractivity contribution in [3.05, 3.63) is 54.2 Å². The van der Waals surface area contributed by atoms with Crippen molar-refractivity contribution < 1.29 is 4.79 Å². The molecule has 0 bridgehead atoms. The number of likely N-dealkylation sites (tertiary alicyclic amines) is 1. The Labute approximate surface area is 158 Å². The Hall–Kier alpha value is -2.76. The van der Waals surface area contributed by atoms with Crippen LogP contribution in [0.15, 0.2) is 42.7 Å². The minimum absolute atomic E-state index is 0.0251. The van der Waals surface area contributed by atoms with Gasteiger partial charge in [0.1, 0.15) is 17.8 Å². The van der Waals surface area contributed by atoms with Crippen molar-refractivity contribution in [2.24, 2.45) is 5.41 Å². The SMILES string of the molecule is CCn1cnnc1C1CN(C(=O)c2ccc3ccccc3n2)CC12CCC2. The van der Waals surface area contributed by atoms with Gasteiger partial charge in [-0.25, -0.2) is 4.98 Å². The number of rotatable bonds is 3. The monoisotopic (exact) mass is 361 g/mol. The lowest BCUT2D eigenvalue weighted by Crippen LogP contribution is -2.38. The number of carbonyl (C=O) groups is 1. The van der Waals surface area contributed by atoms with Gasteiger partial charge in [-0.1, -0.05) is 30.7 Å². The Balaban J connectivity index is 1.46. The maximum Gasteiger partial charge on any atom is 0.272 e. The summed E-state index contributed by atoms with van der Waals surface area (Å²) in [5, 5.41) is 9.59. The summed E-state index contributed by atoms with van der Waals surface area (Å²) in [6, 6.07) is 11.7. The topological polar surface area (TPSA) is 63.9 Å². The van der Waals surface area contributed by atoms with Crippen LogP contribution in [0, 0.1) is 5.41 Å². The zero-order valence-electron chi connectivity index (χ0n) is 15.5. The van der Waals surface area contributed by atoms with Gasteiger partial charge in [-0.2, -0.15) is 0 Å². The number of nitrogens with zero attached hydrogens (tertiary/aromatic N) is 5. The first-order chi connectivity index (χ1) is 13.2. The molecule has 138 valence electrons. The second kappa shape index (κ2) is 6.15. The van der Waals surface area contributed by atoms with Crippen molar-refractivity contribution in [2.45, 2.75) is 38.6 Å². The van der Waals surface area contributed by atoms with Gasteiger partial charge >= 0.3 is 0 Å². The average Bonchev–Trinajstić information content (AvgIpc) is 3.30. The fourth-order valence-electron chi connectivity index (χ4n) is 4.74. The Morgan fingerprint density at radius 2 is 2.07 bits per heavy atom. The maximum absolute atomic E-state index is 13.2. The molecule has 6 nitrogen and oxygen atoms in total. The summed E-state index contributed by atoms with van der Waals surface area (Å²) in [4.78, 5) is 19.8. The van der Waals surface area contributed by atoms with E-state index in [1.807, 2.05) is 41.3 Å². The largest absolute Gasteiger partial charge is 0.336 e. The van der Waals surface area contributed by atoms with Crippen LogP contribution in [-0.4, -0.2) is 43.6 Å². The molecule has 6 heteroatoms. The molecule has 2 aromatic heterocycles. The van der Waals surface area contributed by atoms with E-state index in [2.05, 4.69) is 26.7 Å². The van der Waals surface area contributed by atoms with Crippen molar-refractivity contribution in [3.63, 3.8) is 0 Å². The molecule has 27 heavy (non-hydrogen) atoms. The highest BCUT2D eigenvalue weighted by Crippen LogP contribution is 2.55. The molecule has 3 heterocycles. The fourth-order valence-corrected chi connectivity index (χ4v) is 4.74. The van der Waals surface area contributed by atoms with E-state index in [1.54, 1.807) is 6.33 Å². The number of benzene rings is 1. The van der Waals surface area contributed by atoms with E-state index in [0.29, 0.717) is 12.2 Å². The summed E-state index contributed by atoms with van der Waals surface area (Å²) in [7, 11) is 0. The quantitative estimate of drug-likeness (QED) is 0.718. The Morgan fingerprint density at radius 1 is 1.22 bits per heavy atom. The number of amides is 1. The fraction of sp³-hybridized carbons (Fsp3) is 0.429. The number of hydrogen-bond acceptors (Lipinski definition) is 4. The van der Waals surface area contributed by atoms with Crippen LogP contribution in [0.1, 0.15) is 48.4 Å². The van der Waals surface area contributed by atoms with Crippen molar-refractivity contribution in [2.75, 3.05) is 13.1 Å². The number of para-hydroxylation sites is 1. The average molecular weight is 361 g/mol. The van der Waals surface area contributed by atoms with Crippen molar-refractivity contribution in [1.29, 1.82) is 0 Å². The highest BCUT2D eigenvalue weighted by atomic mass is 16.2. The van der Waals surface area contributed by atoms with Crippen LogP contribution >= 0.6 is 0 Å². The highest BCUT2D eigenvalue weighted by Gasteiger charge is 2.53. The predicted molar refractivity (Wildman–Crippen MR) is 102 cm³/mol. The zero-order chi connectivity index (χ0) is 18.4. The molecule has 1 spiro atoms. The standard InChI is InChI=1S/C21H23N5O/c1-2-25-14-22-24-19(25)16-12-26(13-21(16)10-5-11-21)20(27)18-9-8-15-6-3-4-7-17(15)23-18/h3-4,6-9,14,16H,2,5,10-13H2,1H3. The first kappa shape index (κ1) is 16.4. The van der Waals surface area contributed by atoms with Gasteiger partial charge in [-0.05, 0) is 37.3 Å². The molecular weight excluding hydrogens is 338 g/mol. The summed E-state index contributed by atoms with van der Waals surface area (Å²) >= 11 is 0. The van der Waals surface area contributed by atoms with Gasteiger partial charge in [-0.3, -0.25) is 4.79 Å². The molecule has 2 fully saturated rings. The van der Waals surface area contributed by atoms with E-state index in [1.165, 1.54) is 6.42 Å². The maximum atomic E-state index is 13.2. The minimum Gasteiger partial charge on any atom is -0.336 e. The molecular formula is C21H23N5O. The molecule has 1 aromatic carbocycles. The van der Waals surface area contributed by atoms with Crippen molar-refractivity contribution in [3.8, 4) is 0 Å². The number of aromatic nitrogens is 4. The number of hydrogen-bond donors (Lipinski definition) is 0. The molecule has 1 unspecified atom stereocenters. The molecule has 1 amide bonds. The van der Waals surface area contributed by atoms with Crippen LogP contribution in [0.3, 0.4) is 0 Å². The van der Waals surface area contributed by atoms with E-state index in [-0.39, 0.29) is 17.2 Å². The lowest BCUT2D eigenvalue weighted by molar-refractivity contribution is 0.0718. The minimum atomic E-state index is 0.0251. The van der Waals surface area contributed by atoms with Crippen LogP contribution in [0.4, 0.5) is 0 Å². The Kier molecular flexibility index (Phi) is 3.74. The molecule has 1 saturated carbocycles. The third-order valence-electron chi connectivity index (χ3n) is 6.40. The zero-order valence-corrected chi connectivity index (χ0v) is 15.5. The molecule has 3 aromatic rings. The number of fused-ring (bicyclic) bond motifs is 1. The van der Waals surface area contributed by atoms with E-state index < -0.39 is 0 Å². The summed E-state index contributed by atoms with van der Waals surface area (Å²) in [6.45, 7) is 4.46. The van der Waals surface area contributed by atoms with Gasteiger partial charge in [0.15, 0.2) is 0 Å². The van der Waals surface area contributed by atoms with Crippen LogP contribution in [0.5, 0.6) is 0 Å². The van der Waals surface area contributed by atoms with E-state index >= 15 is 0 Å². The lowest BCUT2D eigenvalue weighted by Gasteiger charge is -2.42. The molecule has 1 aliphatic carbocycles. The molecule has 5 rings (SSSR count). The van der Waals surface area contributed by atoms with E-state index in [0.717, 1.165) is 42.7 Å². The summed E-state index contributed by atoms with van der Waals surface area (Å²) in [5.41, 5.74) is 1.55. The normalized spacial score (nSPS) is 20.9.